The minimum Gasteiger partial charge on any atom is -0.459 e. The molecular formula is C23H21NO4S. The van der Waals surface area contributed by atoms with E-state index in [1.165, 1.54) is 11.8 Å². The number of hydrogen-bond donors (Lipinski definition) is 0. The minimum atomic E-state index is -3.56. The van der Waals surface area contributed by atoms with Crippen LogP contribution in [-0.2, 0) is 15.6 Å². The first-order chi connectivity index (χ1) is 14.0. The molecule has 0 unspecified atom stereocenters. The van der Waals surface area contributed by atoms with Crippen LogP contribution in [0.1, 0.15) is 28.1 Å². The van der Waals surface area contributed by atoms with Gasteiger partial charge in [0.1, 0.15) is 0 Å². The van der Waals surface area contributed by atoms with Crippen LogP contribution >= 0.6 is 0 Å². The van der Waals surface area contributed by atoms with E-state index in [4.69, 9.17) is 4.42 Å². The molecule has 0 radical (unpaired) electrons. The smallest absolute Gasteiger partial charge is 0.290 e. The van der Waals surface area contributed by atoms with Crippen LogP contribution in [0.3, 0.4) is 0 Å². The van der Waals surface area contributed by atoms with Gasteiger partial charge in [0.05, 0.1) is 16.9 Å². The third kappa shape index (κ3) is 4.17. The van der Waals surface area contributed by atoms with Gasteiger partial charge in [-0.05, 0) is 35.8 Å². The van der Waals surface area contributed by atoms with Crippen LogP contribution in [-0.4, -0.2) is 32.3 Å². The molecule has 4 rings (SSSR count). The molecule has 6 heteroatoms. The predicted octanol–water partition coefficient (Wildman–Crippen LogP) is 4.18. The number of hydrogen-bond acceptors (Lipinski definition) is 4. The molecule has 1 aromatic heterocycles. The predicted molar refractivity (Wildman–Crippen MR) is 111 cm³/mol. The van der Waals surface area contributed by atoms with Gasteiger partial charge in [-0.15, -0.1) is 0 Å². The molecule has 5 nitrogen and oxygen atoms in total. The highest BCUT2D eigenvalue weighted by molar-refractivity contribution is 7.90. The fourth-order valence-corrected chi connectivity index (χ4v) is 4.84. The molecule has 0 saturated carbocycles. The average Bonchev–Trinajstić information content (AvgIpc) is 3.22. The summed E-state index contributed by atoms with van der Waals surface area (Å²) in [5.41, 5.74) is 2.75. The molecule has 148 valence electrons. The second kappa shape index (κ2) is 8.09. The van der Waals surface area contributed by atoms with Crippen LogP contribution in [0.5, 0.6) is 0 Å². The van der Waals surface area contributed by atoms with E-state index in [0.717, 1.165) is 12.0 Å². The minimum absolute atomic E-state index is 0.0982. The molecule has 29 heavy (non-hydrogen) atoms. The lowest BCUT2D eigenvalue weighted by atomic mass is 9.99. The number of amides is 1. The van der Waals surface area contributed by atoms with Crippen LogP contribution in [0.2, 0.25) is 0 Å². The maximum atomic E-state index is 13.0. The lowest BCUT2D eigenvalue weighted by Crippen LogP contribution is -2.35. The number of sulfone groups is 1. The van der Waals surface area contributed by atoms with Gasteiger partial charge in [0, 0.05) is 18.7 Å². The second-order valence-corrected chi connectivity index (χ2v) is 8.93. The van der Waals surface area contributed by atoms with Crippen LogP contribution < -0.4 is 0 Å². The van der Waals surface area contributed by atoms with Crippen molar-refractivity contribution < 1.29 is 17.6 Å². The maximum absolute atomic E-state index is 13.0. The zero-order chi connectivity index (χ0) is 20.3. The summed E-state index contributed by atoms with van der Waals surface area (Å²) in [5.74, 6) is -0.453. The molecule has 2 aromatic carbocycles. The molecule has 1 aliphatic heterocycles. The first-order valence-electron chi connectivity index (χ1n) is 9.42. The Hall–Kier alpha value is -3.12. The van der Waals surface area contributed by atoms with Gasteiger partial charge in [-0.2, -0.15) is 0 Å². The van der Waals surface area contributed by atoms with E-state index < -0.39 is 9.84 Å². The maximum Gasteiger partial charge on any atom is 0.290 e. The summed E-state index contributed by atoms with van der Waals surface area (Å²) >= 11 is 0. The summed E-state index contributed by atoms with van der Waals surface area (Å²) in [7, 11) is -3.56. The molecule has 0 aliphatic carbocycles. The Morgan fingerprint density at radius 2 is 1.66 bits per heavy atom. The number of nitrogens with zero attached hydrogens (tertiary/aromatic N) is 1. The standard InChI is InChI=1S/C23H21NO4S/c25-23(24-14-11-19(12-15-24)18-7-3-1-4-8-18)22-20(13-16-28-22)17-29(26,27)21-9-5-2-6-10-21/h1-11,13,16H,12,14-15,17H2. The van der Waals surface area contributed by atoms with Crippen LogP contribution in [0, 0.1) is 0 Å². The molecular weight excluding hydrogens is 386 g/mol. The monoisotopic (exact) mass is 407 g/mol. The Labute approximate surface area is 170 Å². The van der Waals surface area contributed by atoms with Gasteiger partial charge < -0.3 is 9.32 Å². The van der Waals surface area contributed by atoms with Crippen LogP contribution in [0.15, 0.2) is 88.4 Å². The molecule has 1 aliphatic rings. The zero-order valence-corrected chi connectivity index (χ0v) is 16.6. The fraction of sp³-hybridized carbons (Fsp3) is 0.174. The number of carbonyl (C=O) groups is 1. The van der Waals surface area contributed by atoms with E-state index in [9.17, 15) is 13.2 Å². The SMILES string of the molecule is O=C(c1occc1CS(=O)(=O)c1ccccc1)N1CC=C(c2ccccc2)CC1. The van der Waals surface area contributed by atoms with E-state index in [2.05, 4.69) is 12.1 Å². The zero-order valence-electron chi connectivity index (χ0n) is 15.8. The normalized spacial score (nSPS) is 14.5. The average molecular weight is 407 g/mol. The van der Waals surface area contributed by atoms with E-state index in [1.54, 1.807) is 41.3 Å². The van der Waals surface area contributed by atoms with Crippen molar-refractivity contribution in [2.45, 2.75) is 17.1 Å². The highest BCUT2D eigenvalue weighted by atomic mass is 32.2. The Morgan fingerprint density at radius 1 is 0.966 bits per heavy atom. The summed E-state index contributed by atoms with van der Waals surface area (Å²) in [5, 5.41) is 0. The molecule has 0 spiro atoms. The summed E-state index contributed by atoms with van der Waals surface area (Å²) < 4.78 is 30.7. The molecule has 1 amide bonds. The second-order valence-electron chi connectivity index (χ2n) is 6.94. The number of furan rings is 1. The van der Waals surface area contributed by atoms with Gasteiger partial charge in [0.2, 0.25) is 0 Å². The third-order valence-electron chi connectivity index (χ3n) is 5.03. The molecule has 0 fully saturated rings. The van der Waals surface area contributed by atoms with E-state index in [1.807, 2.05) is 24.3 Å². The lowest BCUT2D eigenvalue weighted by Gasteiger charge is -2.26. The van der Waals surface area contributed by atoms with Crippen molar-refractivity contribution in [3.63, 3.8) is 0 Å². The Morgan fingerprint density at radius 3 is 2.31 bits per heavy atom. The number of rotatable bonds is 5. The van der Waals surface area contributed by atoms with Crippen LogP contribution in [0.25, 0.3) is 5.57 Å². The first kappa shape index (κ1) is 19.2. The van der Waals surface area contributed by atoms with Crippen LogP contribution in [0.4, 0.5) is 0 Å². The quantitative estimate of drug-likeness (QED) is 0.636. The van der Waals surface area contributed by atoms with Crippen molar-refractivity contribution in [3.8, 4) is 0 Å². The van der Waals surface area contributed by atoms with Crippen molar-refractivity contribution in [1.29, 1.82) is 0 Å². The van der Waals surface area contributed by atoms with E-state index >= 15 is 0 Å². The van der Waals surface area contributed by atoms with E-state index in [0.29, 0.717) is 18.7 Å². The number of carbonyl (C=O) groups excluding carboxylic acids is 1. The van der Waals surface area contributed by atoms with E-state index in [-0.39, 0.29) is 22.3 Å². The van der Waals surface area contributed by atoms with Crippen molar-refractivity contribution in [2.75, 3.05) is 13.1 Å². The third-order valence-corrected chi connectivity index (χ3v) is 6.71. The molecule has 3 aromatic rings. The lowest BCUT2D eigenvalue weighted by molar-refractivity contribution is 0.0740. The number of benzene rings is 2. The van der Waals surface area contributed by atoms with Crippen molar-refractivity contribution in [1.82, 2.24) is 4.90 Å². The highest BCUT2D eigenvalue weighted by Crippen LogP contribution is 2.25. The largest absolute Gasteiger partial charge is 0.459 e. The molecule has 0 atom stereocenters. The van der Waals surface area contributed by atoms with Crippen molar-refractivity contribution in [2.24, 2.45) is 0 Å². The highest BCUT2D eigenvalue weighted by Gasteiger charge is 2.27. The van der Waals surface area contributed by atoms with Gasteiger partial charge in [-0.1, -0.05) is 54.6 Å². The van der Waals surface area contributed by atoms with Gasteiger partial charge in [0.25, 0.3) is 5.91 Å². The molecule has 2 heterocycles. The fourth-order valence-electron chi connectivity index (χ4n) is 3.46. The molecule has 0 saturated heterocycles. The van der Waals surface area contributed by atoms with Crippen molar-refractivity contribution in [3.05, 3.63) is 96.0 Å². The summed E-state index contributed by atoms with van der Waals surface area (Å²) in [4.78, 5) is 14.9. The molecule has 0 N–H and O–H groups in total. The summed E-state index contributed by atoms with van der Waals surface area (Å²) in [6.07, 6.45) is 4.16. The van der Waals surface area contributed by atoms with Gasteiger partial charge in [-0.25, -0.2) is 8.42 Å². The first-order valence-corrected chi connectivity index (χ1v) is 11.1. The van der Waals surface area contributed by atoms with Gasteiger partial charge in [-0.3, -0.25) is 4.79 Å². The Kier molecular flexibility index (Phi) is 5.36. The summed E-state index contributed by atoms with van der Waals surface area (Å²) in [6.45, 7) is 1.03. The molecule has 0 bridgehead atoms. The summed E-state index contributed by atoms with van der Waals surface area (Å²) in [6, 6.07) is 19.9. The Balaban J connectivity index is 1.50. The van der Waals surface area contributed by atoms with Crippen molar-refractivity contribution >= 4 is 21.3 Å². The Bertz CT molecular complexity index is 1130. The topological polar surface area (TPSA) is 67.6 Å². The van der Waals surface area contributed by atoms with Gasteiger partial charge >= 0.3 is 0 Å². The van der Waals surface area contributed by atoms with Gasteiger partial charge in [0.15, 0.2) is 15.6 Å².